The predicted molar refractivity (Wildman–Crippen MR) is 105 cm³/mol. The molecule has 3 rings (SSSR count). The number of carbonyl (C=O) groups is 1. The molecule has 33 heavy (non-hydrogen) atoms. The van der Waals surface area contributed by atoms with E-state index < -0.39 is 23.9 Å². The minimum Gasteiger partial charge on any atom is -0.475 e. The lowest BCUT2D eigenvalue weighted by Crippen LogP contribution is -2.26. The van der Waals surface area contributed by atoms with Crippen LogP contribution in [0.3, 0.4) is 0 Å². The fraction of sp³-hybridized carbons (Fsp3) is 0.278. The van der Waals surface area contributed by atoms with E-state index >= 15 is 0 Å². The number of hydrogen-bond donors (Lipinski definition) is 2. The second-order valence-corrected chi connectivity index (χ2v) is 6.30. The standard InChI is InChI=1S/C16H17F2N7O.C2HF3O2/c1-2-23-8-13(7-21-23)11-3-4-20-14(5-11)24-10-22-25(16(24)26)9-12(6-19)15(17)18;3-2(4,5)1(6)7/h3-5,7-8,10H,2,6,9,19H2,1H3;(H,6,7). The van der Waals surface area contributed by atoms with Gasteiger partial charge in [0.05, 0.1) is 12.7 Å². The van der Waals surface area contributed by atoms with E-state index in [9.17, 15) is 26.7 Å². The Morgan fingerprint density at radius 2 is 1.88 bits per heavy atom. The SMILES string of the molecule is CCn1cc(-c2ccnc(-n3cnn(CC(CN)=C(F)F)c3=O)c2)cn1.O=C(O)C(F)(F)F. The van der Waals surface area contributed by atoms with Gasteiger partial charge in [-0.3, -0.25) is 4.68 Å². The molecule has 3 aromatic heterocycles. The first-order valence-corrected chi connectivity index (χ1v) is 9.14. The molecule has 0 unspecified atom stereocenters. The molecule has 0 fully saturated rings. The van der Waals surface area contributed by atoms with Gasteiger partial charge < -0.3 is 10.8 Å². The van der Waals surface area contributed by atoms with E-state index in [0.29, 0.717) is 5.82 Å². The highest BCUT2D eigenvalue weighted by Gasteiger charge is 2.38. The second kappa shape index (κ2) is 10.6. The number of nitrogens with zero attached hydrogens (tertiary/aromatic N) is 6. The zero-order valence-corrected chi connectivity index (χ0v) is 17.0. The van der Waals surface area contributed by atoms with Crippen molar-refractivity contribution >= 4 is 5.97 Å². The van der Waals surface area contributed by atoms with Crippen LogP contribution in [0.15, 0.2) is 53.5 Å². The Balaban J connectivity index is 0.000000479. The summed E-state index contributed by atoms with van der Waals surface area (Å²) in [4.78, 5) is 25.5. The van der Waals surface area contributed by atoms with Gasteiger partial charge in [0.25, 0.3) is 6.08 Å². The summed E-state index contributed by atoms with van der Waals surface area (Å²) in [6, 6.07) is 3.50. The van der Waals surface area contributed by atoms with Crippen LogP contribution in [0, 0.1) is 0 Å². The van der Waals surface area contributed by atoms with Crippen molar-refractivity contribution in [3.8, 4) is 16.9 Å². The van der Waals surface area contributed by atoms with Gasteiger partial charge >= 0.3 is 17.8 Å². The van der Waals surface area contributed by atoms with Crippen LogP contribution in [-0.2, 0) is 17.9 Å². The van der Waals surface area contributed by atoms with Gasteiger partial charge in [0.15, 0.2) is 0 Å². The quantitative estimate of drug-likeness (QED) is 0.521. The van der Waals surface area contributed by atoms with Gasteiger partial charge in [0, 0.05) is 36.6 Å². The maximum absolute atomic E-state index is 12.7. The number of alkyl halides is 3. The number of rotatable bonds is 6. The van der Waals surface area contributed by atoms with Gasteiger partial charge in [-0.2, -0.15) is 32.1 Å². The maximum atomic E-state index is 12.7. The van der Waals surface area contributed by atoms with E-state index in [2.05, 4.69) is 15.2 Å². The number of hydrogen-bond acceptors (Lipinski definition) is 6. The highest BCUT2D eigenvalue weighted by molar-refractivity contribution is 5.73. The molecule has 0 atom stereocenters. The Hall–Kier alpha value is -3.88. The van der Waals surface area contributed by atoms with E-state index in [1.54, 1.807) is 29.2 Å². The van der Waals surface area contributed by atoms with Crippen LogP contribution >= 0.6 is 0 Å². The van der Waals surface area contributed by atoms with Gasteiger partial charge in [-0.25, -0.2) is 23.8 Å². The highest BCUT2D eigenvalue weighted by atomic mass is 19.4. The number of aryl methyl sites for hydroxylation is 1. The molecule has 0 saturated carbocycles. The minimum atomic E-state index is -5.08. The molecule has 0 amide bonds. The van der Waals surface area contributed by atoms with Crippen molar-refractivity contribution in [2.75, 3.05) is 6.54 Å². The fourth-order valence-corrected chi connectivity index (χ4v) is 2.40. The van der Waals surface area contributed by atoms with Crippen LogP contribution < -0.4 is 11.4 Å². The molecular formula is C18H18F5N7O3. The lowest BCUT2D eigenvalue weighted by atomic mass is 10.1. The Morgan fingerprint density at radius 1 is 1.21 bits per heavy atom. The second-order valence-electron chi connectivity index (χ2n) is 6.30. The van der Waals surface area contributed by atoms with Crippen LogP contribution in [-0.4, -0.2) is 52.9 Å². The van der Waals surface area contributed by atoms with Gasteiger partial charge in [-0.1, -0.05) is 0 Å². The lowest BCUT2D eigenvalue weighted by molar-refractivity contribution is -0.192. The van der Waals surface area contributed by atoms with Crippen molar-refractivity contribution in [1.82, 2.24) is 29.1 Å². The molecule has 0 aliphatic carbocycles. The van der Waals surface area contributed by atoms with E-state index in [1.165, 1.54) is 10.9 Å². The summed E-state index contributed by atoms with van der Waals surface area (Å²) in [6.07, 6.45) is -0.578. The van der Waals surface area contributed by atoms with Crippen molar-refractivity contribution in [3.05, 3.63) is 59.2 Å². The Bertz CT molecular complexity index is 1190. The number of nitrogens with two attached hydrogens (primary N) is 1. The highest BCUT2D eigenvalue weighted by Crippen LogP contribution is 2.19. The molecule has 0 radical (unpaired) electrons. The van der Waals surface area contributed by atoms with Crippen molar-refractivity contribution in [1.29, 1.82) is 0 Å². The minimum absolute atomic E-state index is 0.335. The Kier molecular flexibility index (Phi) is 8.17. The molecule has 0 saturated heterocycles. The van der Waals surface area contributed by atoms with Gasteiger partial charge in [-0.05, 0) is 24.6 Å². The third-order valence-electron chi connectivity index (χ3n) is 4.11. The van der Waals surface area contributed by atoms with E-state index in [1.807, 2.05) is 13.1 Å². The Morgan fingerprint density at radius 3 is 2.39 bits per heavy atom. The van der Waals surface area contributed by atoms with Crippen LogP contribution in [0.25, 0.3) is 16.9 Å². The molecule has 10 nitrogen and oxygen atoms in total. The zero-order valence-electron chi connectivity index (χ0n) is 17.0. The summed E-state index contributed by atoms with van der Waals surface area (Å²) in [5.74, 6) is -2.42. The zero-order chi connectivity index (χ0) is 24.8. The molecule has 3 N–H and O–H groups in total. The number of pyridine rings is 1. The monoisotopic (exact) mass is 475 g/mol. The molecule has 0 aliphatic rings. The van der Waals surface area contributed by atoms with E-state index in [4.69, 9.17) is 15.6 Å². The van der Waals surface area contributed by atoms with Crippen LogP contribution in [0.1, 0.15) is 6.92 Å². The molecule has 15 heteroatoms. The first-order chi connectivity index (χ1) is 15.5. The Labute approximate surface area is 182 Å². The van der Waals surface area contributed by atoms with Crippen molar-refractivity contribution < 1.29 is 31.9 Å². The van der Waals surface area contributed by atoms with Crippen LogP contribution in [0.2, 0.25) is 0 Å². The van der Waals surface area contributed by atoms with E-state index in [0.717, 1.165) is 22.4 Å². The molecule has 0 aliphatic heterocycles. The molecule has 0 spiro atoms. The van der Waals surface area contributed by atoms with Crippen molar-refractivity contribution in [2.45, 2.75) is 26.2 Å². The largest absolute Gasteiger partial charge is 0.490 e. The van der Waals surface area contributed by atoms with Crippen molar-refractivity contribution in [3.63, 3.8) is 0 Å². The number of carboxylic acids is 1. The summed E-state index contributed by atoms with van der Waals surface area (Å²) in [5, 5.41) is 15.2. The average Bonchev–Trinajstić information content (AvgIpc) is 3.38. The molecule has 0 aromatic carbocycles. The summed E-state index contributed by atoms with van der Waals surface area (Å²) in [6.45, 7) is 2.00. The topological polar surface area (TPSA) is 134 Å². The summed E-state index contributed by atoms with van der Waals surface area (Å²) < 4.78 is 61.1. The molecule has 0 bridgehead atoms. The van der Waals surface area contributed by atoms with Crippen LogP contribution in [0.4, 0.5) is 22.0 Å². The van der Waals surface area contributed by atoms with Gasteiger partial charge in [0.1, 0.15) is 12.1 Å². The maximum Gasteiger partial charge on any atom is 0.490 e. The fourth-order valence-electron chi connectivity index (χ4n) is 2.40. The number of aromatic nitrogens is 6. The number of halogens is 5. The third-order valence-corrected chi connectivity index (χ3v) is 4.11. The number of carboxylic acid groups (broad SMARTS) is 1. The van der Waals surface area contributed by atoms with E-state index in [-0.39, 0.29) is 18.7 Å². The van der Waals surface area contributed by atoms with Gasteiger partial charge in [0.2, 0.25) is 0 Å². The molecule has 3 aromatic rings. The molecule has 178 valence electrons. The summed E-state index contributed by atoms with van der Waals surface area (Å²) in [7, 11) is 0. The third kappa shape index (κ3) is 6.55. The summed E-state index contributed by atoms with van der Waals surface area (Å²) >= 11 is 0. The first kappa shape index (κ1) is 25.4. The summed E-state index contributed by atoms with van der Waals surface area (Å²) in [5.41, 5.74) is 6.06. The van der Waals surface area contributed by atoms with Crippen LogP contribution in [0.5, 0.6) is 0 Å². The van der Waals surface area contributed by atoms with Crippen molar-refractivity contribution in [2.24, 2.45) is 5.73 Å². The average molecular weight is 475 g/mol. The molecular weight excluding hydrogens is 457 g/mol. The molecule has 3 heterocycles. The first-order valence-electron chi connectivity index (χ1n) is 9.14. The number of aliphatic carboxylic acids is 1. The smallest absolute Gasteiger partial charge is 0.475 e. The lowest BCUT2D eigenvalue weighted by Gasteiger charge is -2.03. The van der Waals surface area contributed by atoms with Gasteiger partial charge in [-0.15, -0.1) is 0 Å². The predicted octanol–water partition coefficient (Wildman–Crippen LogP) is 2.05. The normalized spacial score (nSPS) is 11.0.